The number of benzene rings is 6. The highest BCUT2D eigenvalue weighted by molar-refractivity contribution is 7.80. The molecule has 0 aliphatic rings. The van der Waals surface area contributed by atoms with Crippen molar-refractivity contribution in [2.45, 2.75) is 13.1 Å². The van der Waals surface area contributed by atoms with Gasteiger partial charge in [-0.15, -0.1) is 0 Å². The van der Waals surface area contributed by atoms with Crippen LogP contribution >= 0.6 is 15.8 Å². The van der Waals surface area contributed by atoms with Crippen molar-refractivity contribution in [2.24, 2.45) is 0 Å². The monoisotopic (exact) mass is 636 g/mol. The summed E-state index contributed by atoms with van der Waals surface area (Å²) in [4.78, 5) is 4.96. The number of hydrogen-bond donors (Lipinski definition) is 0. The molecule has 2 nitrogen and oxygen atoms in total. The Labute approximate surface area is 277 Å². The minimum Gasteiger partial charge on any atom is -0.301 e. The molecule has 0 radical (unpaired) electrons. The van der Waals surface area contributed by atoms with Crippen LogP contribution < -0.4 is 31.8 Å². The third-order valence-electron chi connectivity index (χ3n) is 8.27. The molecule has 0 bridgehead atoms. The Balaban J connectivity index is 1.17. The van der Waals surface area contributed by atoms with E-state index >= 15 is 0 Å². The molecule has 0 unspecified atom stereocenters. The second-order valence-electron chi connectivity index (χ2n) is 11.7. The molecule has 0 aliphatic heterocycles. The molecule has 0 aliphatic carbocycles. The lowest BCUT2D eigenvalue weighted by molar-refractivity contribution is 0.248. The minimum absolute atomic E-state index is 0.636. The molecule has 0 saturated heterocycles. The van der Waals surface area contributed by atoms with Crippen LogP contribution in [0, 0.1) is 0 Å². The molecule has 0 atom stereocenters. The van der Waals surface area contributed by atoms with E-state index in [-0.39, 0.29) is 0 Å². The third-order valence-corrected chi connectivity index (χ3v) is 13.4. The highest BCUT2D eigenvalue weighted by Gasteiger charge is 2.21. The van der Waals surface area contributed by atoms with Gasteiger partial charge in [0.1, 0.15) is 0 Å². The van der Waals surface area contributed by atoms with Gasteiger partial charge in [-0.2, -0.15) is 0 Å². The van der Waals surface area contributed by atoms with Crippen molar-refractivity contribution >= 4 is 47.7 Å². The van der Waals surface area contributed by atoms with Crippen LogP contribution in [0.5, 0.6) is 0 Å². The first kappa shape index (κ1) is 32.1. The molecule has 6 rings (SSSR count). The van der Waals surface area contributed by atoms with Crippen molar-refractivity contribution in [2.75, 3.05) is 27.2 Å². The van der Waals surface area contributed by atoms with Crippen molar-refractivity contribution in [3.63, 3.8) is 0 Å². The normalized spacial score (nSPS) is 11.5. The molecular weight excluding hydrogens is 594 g/mol. The minimum atomic E-state index is -0.636. The SMILES string of the molecule is CN(CCN(C)Cc1ccccc1P(c1ccccc1)c1ccccc1)Cc1ccccc1P(c1ccccc1)c1ccccc1. The molecular formula is C42H42N2P2. The van der Waals surface area contributed by atoms with Crippen molar-refractivity contribution in [1.82, 2.24) is 9.80 Å². The van der Waals surface area contributed by atoms with E-state index in [2.05, 4.69) is 194 Å². The summed E-state index contributed by atoms with van der Waals surface area (Å²) in [6, 6.07) is 62.2. The van der Waals surface area contributed by atoms with Crippen LogP contribution in [0.25, 0.3) is 0 Å². The van der Waals surface area contributed by atoms with Gasteiger partial charge in [-0.25, -0.2) is 0 Å². The van der Waals surface area contributed by atoms with E-state index in [9.17, 15) is 0 Å². The standard InChI is InChI=1S/C42H42N2P2/c1-43(33-35-19-15-17-29-41(35)45(37-21-7-3-8-22-37)38-23-9-4-10-24-38)31-32-44(2)34-36-20-16-18-30-42(36)46(39-25-11-5-12-26-39)40-27-13-6-14-28-40/h3-30H,31-34H2,1-2H3. The topological polar surface area (TPSA) is 6.48 Å². The number of likely N-dealkylation sites (N-methyl/N-ethyl adjacent to an activating group) is 2. The lowest BCUT2D eigenvalue weighted by Gasteiger charge is -2.27. The van der Waals surface area contributed by atoms with Gasteiger partial charge in [0.2, 0.25) is 0 Å². The molecule has 0 amide bonds. The second-order valence-corrected chi connectivity index (χ2v) is 16.1. The van der Waals surface area contributed by atoms with Gasteiger partial charge in [0.15, 0.2) is 0 Å². The Bertz CT molecular complexity index is 1570. The maximum Gasteiger partial charge on any atom is 0.0237 e. The van der Waals surface area contributed by atoms with Crippen molar-refractivity contribution < 1.29 is 0 Å². The summed E-state index contributed by atoms with van der Waals surface area (Å²) in [5.74, 6) is 0. The van der Waals surface area contributed by atoms with E-state index in [0.717, 1.165) is 26.2 Å². The zero-order valence-corrected chi connectivity index (χ0v) is 28.6. The van der Waals surface area contributed by atoms with Crippen molar-refractivity contribution in [3.05, 3.63) is 181 Å². The molecule has 230 valence electrons. The lowest BCUT2D eigenvalue weighted by atomic mass is 10.2. The van der Waals surface area contributed by atoms with E-state index in [1.807, 2.05) is 0 Å². The highest BCUT2D eigenvalue weighted by Crippen LogP contribution is 2.35. The van der Waals surface area contributed by atoms with Crippen LogP contribution in [0.1, 0.15) is 11.1 Å². The molecule has 46 heavy (non-hydrogen) atoms. The Kier molecular flexibility index (Phi) is 11.2. The predicted octanol–water partition coefficient (Wildman–Crippen LogP) is 6.77. The van der Waals surface area contributed by atoms with Gasteiger partial charge in [-0.05, 0) is 72.9 Å². The van der Waals surface area contributed by atoms with Crippen LogP contribution in [0.4, 0.5) is 0 Å². The van der Waals surface area contributed by atoms with Gasteiger partial charge in [0.05, 0.1) is 0 Å². The summed E-state index contributed by atoms with van der Waals surface area (Å²) in [6.07, 6.45) is 0. The number of hydrogen-bond acceptors (Lipinski definition) is 2. The third kappa shape index (κ3) is 8.08. The van der Waals surface area contributed by atoms with Gasteiger partial charge in [0, 0.05) is 26.2 Å². The Morgan fingerprint density at radius 2 is 0.609 bits per heavy atom. The molecule has 6 aromatic rings. The largest absolute Gasteiger partial charge is 0.301 e. The summed E-state index contributed by atoms with van der Waals surface area (Å²) in [5, 5.41) is 8.45. The number of rotatable bonds is 13. The summed E-state index contributed by atoms with van der Waals surface area (Å²) in [6.45, 7) is 3.83. The first-order valence-corrected chi connectivity index (χ1v) is 18.7. The fourth-order valence-corrected chi connectivity index (χ4v) is 10.9. The summed E-state index contributed by atoms with van der Waals surface area (Å²) in [5.41, 5.74) is 2.82. The molecule has 0 aromatic heterocycles. The van der Waals surface area contributed by atoms with Gasteiger partial charge in [0.25, 0.3) is 0 Å². The van der Waals surface area contributed by atoms with E-state index in [1.165, 1.54) is 43.0 Å². The zero-order chi connectivity index (χ0) is 31.6. The average molecular weight is 637 g/mol. The van der Waals surface area contributed by atoms with Gasteiger partial charge in [-0.3, -0.25) is 0 Å². The van der Waals surface area contributed by atoms with Crippen molar-refractivity contribution in [3.8, 4) is 0 Å². The molecule has 0 fully saturated rings. The fraction of sp³-hybridized carbons (Fsp3) is 0.143. The van der Waals surface area contributed by atoms with Crippen LogP contribution in [0.2, 0.25) is 0 Å². The van der Waals surface area contributed by atoms with Crippen LogP contribution in [0.15, 0.2) is 170 Å². The maximum atomic E-state index is 2.48. The second kappa shape index (κ2) is 16.1. The number of nitrogens with zero attached hydrogens (tertiary/aromatic N) is 2. The Hall–Kier alpha value is -3.90. The van der Waals surface area contributed by atoms with Gasteiger partial charge >= 0.3 is 0 Å². The van der Waals surface area contributed by atoms with E-state index in [0.29, 0.717) is 0 Å². The molecule has 0 spiro atoms. The van der Waals surface area contributed by atoms with Crippen LogP contribution in [0.3, 0.4) is 0 Å². The fourth-order valence-electron chi connectivity index (χ4n) is 5.97. The van der Waals surface area contributed by atoms with Gasteiger partial charge in [-0.1, -0.05) is 170 Å². The summed E-state index contributed by atoms with van der Waals surface area (Å²) < 4.78 is 0. The first-order valence-electron chi connectivity index (χ1n) is 16.0. The highest BCUT2D eigenvalue weighted by atomic mass is 31.1. The smallest absolute Gasteiger partial charge is 0.0237 e. The average Bonchev–Trinajstić information content (AvgIpc) is 3.11. The maximum absolute atomic E-state index is 2.48. The predicted molar refractivity (Wildman–Crippen MR) is 203 cm³/mol. The lowest BCUT2D eigenvalue weighted by Crippen LogP contribution is -2.33. The molecule has 6 aromatic carbocycles. The molecule has 0 saturated carbocycles. The molecule has 4 heteroatoms. The van der Waals surface area contributed by atoms with Crippen LogP contribution in [-0.2, 0) is 13.1 Å². The molecule has 0 heterocycles. The Morgan fingerprint density at radius 3 is 0.913 bits per heavy atom. The Morgan fingerprint density at radius 1 is 0.348 bits per heavy atom. The quantitative estimate of drug-likeness (QED) is 0.129. The summed E-state index contributed by atoms with van der Waals surface area (Å²) >= 11 is 0. The van der Waals surface area contributed by atoms with E-state index in [1.54, 1.807) is 0 Å². The summed E-state index contributed by atoms with van der Waals surface area (Å²) in [7, 11) is 3.25. The van der Waals surface area contributed by atoms with Crippen LogP contribution in [-0.4, -0.2) is 37.0 Å². The van der Waals surface area contributed by atoms with Crippen molar-refractivity contribution in [1.29, 1.82) is 0 Å². The van der Waals surface area contributed by atoms with Gasteiger partial charge < -0.3 is 9.80 Å². The van der Waals surface area contributed by atoms with E-state index < -0.39 is 15.8 Å². The first-order chi connectivity index (χ1) is 22.7. The molecule has 0 N–H and O–H groups in total. The zero-order valence-electron chi connectivity index (χ0n) is 26.8. The van der Waals surface area contributed by atoms with E-state index in [4.69, 9.17) is 0 Å².